The Morgan fingerprint density at radius 2 is 1.92 bits per heavy atom. The zero-order chi connectivity index (χ0) is 18.1. The fourth-order valence-electron chi connectivity index (χ4n) is 1.99. The van der Waals surface area contributed by atoms with Crippen LogP contribution in [0.3, 0.4) is 0 Å². The van der Waals surface area contributed by atoms with Crippen LogP contribution in [0.4, 0.5) is 0 Å². The normalized spacial score (nSPS) is 10.5. The van der Waals surface area contributed by atoms with E-state index in [1.54, 1.807) is 13.3 Å². The Hall–Kier alpha value is -2.31. The predicted molar refractivity (Wildman–Crippen MR) is 104 cm³/mol. The zero-order valence-corrected chi connectivity index (χ0v) is 15.7. The van der Waals surface area contributed by atoms with Crippen molar-refractivity contribution in [2.24, 2.45) is 0 Å². The molecule has 0 bridgehead atoms. The van der Waals surface area contributed by atoms with Gasteiger partial charge in [-0.25, -0.2) is 0 Å². The fourth-order valence-corrected chi connectivity index (χ4v) is 2.18. The van der Waals surface area contributed by atoms with Crippen LogP contribution in [0.2, 0.25) is 5.02 Å². The molecule has 0 radical (unpaired) electrons. The van der Waals surface area contributed by atoms with E-state index in [0.29, 0.717) is 34.8 Å². The van der Waals surface area contributed by atoms with Crippen molar-refractivity contribution < 1.29 is 14.6 Å². The van der Waals surface area contributed by atoms with E-state index in [1.807, 2.05) is 49.4 Å². The largest absolute Gasteiger partial charge is 0.490 e. The highest BCUT2D eigenvalue weighted by Gasteiger charge is 2.08. The average Bonchev–Trinajstić information content (AvgIpc) is 2.62. The maximum absolute atomic E-state index is 5.90. The molecule has 0 heterocycles. The summed E-state index contributed by atoms with van der Waals surface area (Å²) in [4.78, 5) is 0. The minimum Gasteiger partial charge on any atom is -0.490 e. The van der Waals surface area contributed by atoms with Crippen molar-refractivity contribution in [1.29, 1.82) is 0 Å². The van der Waals surface area contributed by atoms with Gasteiger partial charge in [0.1, 0.15) is 6.61 Å². The van der Waals surface area contributed by atoms with Crippen LogP contribution in [-0.4, -0.2) is 25.0 Å². The second-order valence-electron chi connectivity index (χ2n) is 5.05. The molecule has 2 rings (SSSR count). The number of hydrogen-bond acceptors (Lipinski definition) is 3. The maximum atomic E-state index is 5.90. The molecular formula is C18H21ClN3O2S+. The van der Waals surface area contributed by atoms with Crippen molar-refractivity contribution in [2.75, 3.05) is 13.7 Å². The Morgan fingerprint density at radius 3 is 2.60 bits per heavy atom. The molecule has 3 N–H and O–H groups in total. The van der Waals surface area contributed by atoms with Crippen LogP contribution in [0.5, 0.6) is 11.5 Å². The van der Waals surface area contributed by atoms with E-state index in [9.17, 15) is 0 Å². The predicted octanol–water partition coefficient (Wildman–Crippen LogP) is 1.83. The number of rotatable bonds is 7. The van der Waals surface area contributed by atoms with Gasteiger partial charge in [-0.05, 0) is 55.0 Å². The second kappa shape index (κ2) is 9.86. The monoisotopic (exact) mass is 378 g/mol. The smallest absolute Gasteiger partial charge is 0.223 e. The Bertz CT molecular complexity index is 736. The van der Waals surface area contributed by atoms with Crippen molar-refractivity contribution in [3.8, 4) is 11.5 Å². The molecule has 2 aromatic rings. The molecule has 0 aliphatic rings. The number of ether oxygens (including phenoxy) is 2. The lowest BCUT2D eigenvalue weighted by Gasteiger charge is -2.12. The summed E-state index contributed by atoms with van der Waals surface area (Å²) in [5.74, 6) is 1.37. The van der Waals surface area contributed by atoms with Crippen LogP contribution in [0.1, 0.15) is 18.1 Å². The first-order valence-corrected chi connectivity index (χ1v) is 8.61. The van der Waals surface area contributed by atoms with Gasteiger partial charge in [0.25, 0.3) is 0 Å². The quantitative estimate of drug-likeness (QED) is 0.390. The van der Waals surface area contributed by atoms with Gasteiger partial charge in [0.15, 0.2) is 17.7 Å². The lowest BCUT2D eigenvalue weighted by Crippen LogP contribution is -2.82. The summed E-state index contributed by atoms with van der Waals surface area (Å²) in [7, 11) is 1.75. The van der Waals surface area contributed by atoms with E-state index in [-0.39, 0.29) is 0 Å². The van der Waals surface area contributed by atoms with E-state index >= 15 is 0 Å². The van der Waals surface area contributed by atoms with Crippen LogP contribution in [0.15, 0.2) is 42.5 Å². The number of thiocarbonyl (C=S) groups is 1. The van der Waals surface area contributed by atoms with Crippen LogP contribution < -0.4 is 25.3 Å². The topological polar surface area (TPSA) is 56.5 Å². The van der Waals surface area contributed by atoms with E-state index in [0.717, 1.165) is 11.1 Å². The molecule has 25 heavy (non-hydrogen) atoms. The molecule has 5 nitrogen and oxygen atoms in total. The summed E-state index contributed by atoms with van der Waals surface area (Å²) >= 11 is 10.9. The van der Waals surface area contributed by atoms with Gasteiger partial charge >= 0.3 is 0 Å². The van der Waals surface area contributed by atoms with Crippen LogP contribution in [-0.2, 0) is 6.61 Å². The van der Waals surface area contributed by atoms with Gasteiger partial charge in [-0.3, -0.25) is 0 Å². The molecule has 0 fully saturated rings. The van der Waals surface area contributed by atoms with Gasteiger partial charge in [0.2, 0.25) is 5.11 Å². The van der Waals surface area contributed by atoms with Crippen molar-refractivity contribution in [3.05, 3.63) is 58.6 Å². The highest BCUT2D eigenvalue weighted by Crippen LogP contribution is 2.28. The number of halogens is 1. The summed E-state index contributed by atoms with van der Waals surface area (Å²) in [5, 5.41) is 6.94. The van der Waals surface area contributed by atoms with Crippen LogP contribution in [0, 0.1) is 0 Å². The third-order valence-corrected chi connectivity index (χ3v) is 3.78. The SMILES string of the molecule is CCOc1cc(C=[NH+]NC(=S)NC)ccc1OCc1ccc(Cl)cc1. The Labute approximate surface area is 158 Å². The molecular weight excluding hydrogens is 358 g/mol. The Balaban J connectivity index is 2.06. The van der Waals surface area contributed by atoms with Crippen molar-refractivity contribution in [3.63, 3.8) is 0 Å². The molecule has 2 aromatic carbocycles. The summed E-state index contributed by atoms with van der Waals surface area (Å²) in [6.45, 7) is 2.93. The summed E-state index contributed by atoms with van der Waals surface area (Å²) in [6, 6.07) is 13.3. The summed E-state index contributed by atoms with van der Waals surface area (Å²) in [5.41, 5.74) is 4.79. The molecule has 0 unspecified atom stereocenters. The minimum absolute atomic E-state index is 0.441. The van der Waals surface area contributed by atoms with E-state index in [4.69, 9.17) is 33.3 Å². The number of hydrazone groups is 1. The highest BCUT2D eigenvalue weighted by atomic mass is 35.5. The first-order valence-electron chi connectivity index (χ1n) is 7.83. The number of benzene rings is 2. The molecule has 0 aromatic heterocycles. The number of hydrogen-bond donors (Lipinski definition) is 3. The molecule has 7 heteroatoms. The molecule has 0 aliphatic carbocycles. The van der Waals surface area contributed by atoms with Crippen LogP contribution in [0.25, 0.3) is 0 Å². The molecule has 0 amide bonds. The van der Waals surface area contributed by atoms with E-state index < -0.39 is 0 Å². The van der Waals surface area contributed by atoms with E-state index in [1.165, 1.54) is 0 Å². The first kappa shape index (κ1) is 19.0. The van der Waals surface area contributed by atoms with Gasteiger partial charge in [0.05, 0.1) is 6.61 Å². The number of hydrazine groups is 1. The van der Waals surface area contributed by atoms with Crippen molar-refractivity contribution >= 4 is 35.1 Å². The standard InChI is InChI=1S/C18H20ClN3O2S/c1-3-23-17-10-14(11-21-22-18(25)20-2)6-9-16(17)24-12-13-4-7-15(19)8-5-13/h4-11H,3,12H2,1-2H3,(H2,20,22,25)/p+1. The van der Waals surface area contributed by atoms with Gasteiger partial charge in [-0.2, -0.15) is 0 Å². The molecule has 0 atom stereocenters. The second-order valence-corrected chi connectivity index (χ2v) is 5.89. The lowest BCUT2D eigenvalue weighted by molar-refractivity contribution is -0.500. The van der Waals surface area contributed by atoms with Gasteiger partial charge in [-0.15, -0.1) is 10.5 Å². The van der Waals surface area contributed by atoms with Crippen molar-refractivity contribution in [1.82, 2.24) is 10.7 Å². The zero-order valence-electron chi connectivity index (χ0n) is 14.1. The Morgan fingerprint density at radius 1 is 1.16 bits per heavy atom. The van der Waals surface area contributed by atoms with Gasteiger partial charge in [-0.1, -0.05) is 23.7 Å². The first-order chi connectivity index (χ1) is 12.1. The third kappa shape index (κ3) is 6.25. The van der Waals surface area contributed by atoms with Gasteiger partial charge in [0, 0.05) is 17.6 Å². The summed E-state index contributed by atoms with van der Waals surface area (Å²) < 4.78 is 11.6. The number of nitrogens with one attached hydrogen (secondary N) is 3. The minimum atomic E-state index is 0.441. The summed E-state index contributed by atoms with van der Waals surface area (Å²) in [6.07, 6.45) is 1.79. The molecule has 0 saturated heterocycles. The molecule has 0 aliphatic heterocycles. The van der Waals surface area contributed by atoms with Crippen molar-refractivity contribution in [2.45, 2.75) is 13.5 Å². The van der Waals surface area contributed by atoms with Gasteiger partial charge < -0.3 is 14.8 Å². The van der Waals surface area contributed by atoms with Crippen LogP contribution >= 0.6 is 23.8 Å². The Kier molecular flexibility index (Phi) is 7.50. The maximum Gasteiger partial charge on any atom is 0.223 e. The average molecular weight is 379 g/mol. The molecule has 0 saturated carbocycles. The fraction of sp³-hybridized carbons (Fsp3) is 0.222. The third-order valence-electron chi connectivity index (χ3n) is 3.23. The molecule has 132 valence electrons. The molecule has 0 spiro atoms. The van der Waals surface area contributed by atoms with E-state index in [2.05, 4.69) is 15.8 Å². The highest BCUT2D eigenvalue weighted by molar-refractivity contribution is 7.80. The lowest BCUT2D eigenvalue weighted by atomic mass is 10.2.